The summed E-state index contributed by atoms with van der Waals surface area (Å²) < 4.78 is 0. The van der Waals surface area contributed by atoms with Crippen molar-refractivity contribution >= 4 is 18.4 Å². The molecule has 2 aromatic rings. The molecule has 2 aromatic carbocycles. The minimum absolute atomic E-state index is 1.02. The van der Waals surface area contributed by atoms with Crippen LogP contribution in [0.4, 0.5) is 0 Å². The standard InChI is InChI=1S/C17H21NSi/c1-18(2)12-13-9-10-15-14-7-5-6-8-16(14)19(3,4)17(15)11-13/h5-11H,12H2,1-4H3. The maximum absolute atomic E-state index is 2.47. The SMILES string of the molecule is CN(C)Cc1ccc2c(c1)[Si](C)(C)c1ccccc1-2. The minimum atomic E-state index is -1.48. The number of nitrogens with zero attached hydrogens (tertiary/aromatic N) is 1. The van der Waals surface area contributed by atoms with Gasteiger partial charge in [0.15, 0.2) is 0 Å². The van der Waals surface area contributed by atoms with Crippen LogP contribution in [0.5, 0.6) is 0 Å². The monoisotopic (exact) mass is 267 g/mol. The molecule has 0 aliphatic carbocycles. The van der Waals surface area contributed by atoms with E-state index in [0.717, 1.165) is 6.54 Å². The van der Waals surface area contributed by atoms with Gasteiger partial charge in [-0.05, 0) is 41.2 Å². The molecule has 1 aliphatic heterocycles. The van der Waals surface area contributed by atoms with Gasteiger partial charge < -0.3 is 4.90 Å². The Bertz CT molecular complexity index is 629. The second-order valence-corrected chi connectivity index (χ2v) is 10.6. The zero-order chi connectivity index (χ0) is 13.6. The van der Waals surface area contributed by atoms with Crippen LogP contribution in [0.2, 0.25) is 13.1 Å². The summed E-state index contributed by atoms with van der Waals surface area (Å²) in [7, 11) is 2.78. The number of rotatable bonds is 2. The third-order valence-corrected chi connectivity index (χ3v) is 7.69. The molecule has 1 nitrogen and oxygen atoms in total. The van der Waals surface area contributed by atoms with Gasteiger partial charge in [-0.2, -0.15) is 0 Å². The molecule has 0 radical (unpaired) electrons. The topological polar surface area (TPSA) is 3.24 Å². The van der Waals surface area contributed by atoms with Crippen LogP contribution in [0.3, 0.4) is 0 Å². The van der Waals surface area contributed by atoms with E-state index in [1.54, 1.807) is 10.4 Å². The highest BCUT2D eigenvalue weighted by Gasteiger charge is 2.36. The molecule has 0 aromatic heterocycles. The van der Waals surface area contributed by atoms with E-state index < -0.39 is 8.07 Å². The molecule has 0 atom stereocenters. The number of hydrogen-bond acceptors (Lipinski definition) is 1. The molecule has 0 unspecified atom stereocenters. The van der Waals surface area contributed by atoms with Crippen LogP contribution in [-0.4, -0.2) is 27.1 Å². The third kappa shape index (κ3) is 1.95. The highest BCUT2D eigenvalue weighted by atomic mass is 28.3. The first-order chi connectivity index (χ1) is 9.00. The molecule has 2 heteroatoms. The van der Waals surface area contributed by atoms with E-state index in [1.807, 2.05) is 0 Å². The van der Waals surface area contributed by atoms with Gasteiger partial charge in [0.1, 0.15) is 8.07 Å². The van der Waals surface area contributed by atoms with Gasteiger partial charge in [0.2, 0.25) is 0 Å². The second kappa shape index (κ2) is 4.32. The maximum atomic E-state index is 2.47. The van der Waals surface area contributed by atoms with Crippen molar-refractivity contribution in [1.29, 1.82) is 0 Å². The molecule has 3 rings (SSSR count). The van der Waals surface area contributed by atoms with Crippen LogP contribution in [0.25, 0.3) is 11.1 Å². The Morgan fingerprint density at radius 1 is 0.895 bits per heavy atom. The summed E-state index contributed by atoms with van der Waals surface area (Å²) in [6.45, 7) is 5.96. The normalized spacial score (nSPS) is 15.4. The van der Waals surface area contributed by atoms with E-state index in [4.69, 9.17) is 0 Å². The molecule has 0 fully saturated rings. The first-order valence-corrected chi connectivity index (χ1v) is 9.88. The van der Waals surface area contributed by atoms with E-state index in [2.05, 4.69) is 74.6 Å². The van der Waals surface area contributed by atoms with Crippen LogP contribution >= 0.6 is 0 Å². The lowest BCUT2D eigenvalue weighted by Crippen LogP contribution is -2.49. The van der Waals surface area contributed by atoms with Gasteiger partial charge in [-0.15, -0.1) is 0 Å². The fourth-order valence-electron chi connectivity index (χ4n) is 3.21. The van der Waals surface area contributed by atoms with E-state index in [-0.39, 0.29) is 0 Å². The Kier molecular flexibility index (Phi) is 2.88. The molecule has 0 amide bonds. The summed E-state index contributed by atoms with van der Waals surface area (Å²) in [5, 5.41) is 3.19. The number of hydrogen-bond donors (Lipinski definition) is 0. The lowest BCUT2D eigenvalue weighted by Gasteiger charge is -2.20. The third-order valence-electron chi connectivity index (χ3n) is 4.15. The van der Waals surface area contributed by atoms with Crippen molar-refractivity contribution < 1.29 is 0 Å². The molecule has 1 heterocycles. The fraction of sp³-hybridized carbons (Fsp3) is 0.294. The van der Waals surface area contributed by atoms with Crippen LogP contribution < -0.4 is 10.4 Å². The smallest absolute Gasteiger partial charge is 0.113 e. The van der Waals surface area contributed by atoms with Gasteiger partial charge >= 0.3 is 0 Å². The highest BCUT2D eigenvalue weighted by molar-refractivity contribution is 7.03. The molecule has 19 heavy (non-hydrogen) atoms. The van der Waals surface area contributed by atoms with Crippen molar-refractivity contribution in [2.24, 2.45) is 0 Å². The predicted octanol–water partition coefficient (Wildman–Crippen LogP) is 2.55. The Labute approximate surface area is 116 Å². The molecule has 0 N–H and O–H groups in total. The first kappa shape index (κ1) is 12.6. The van der Waals surface area contributed by atoms with Gasteiger partial charge in [0, 0.05) is 6.54 Å². The van der Waals surface area contributed by atoms with Crippen LogP contribution in [0, 0.1) is 0 Å². The van der Waals surface area contributed by atoms with E-state index in [9.17, 15) is 0 Å². The highest BCUT2D eigenvalue weighted by Crippen LogP contribution is 2.28. The lowest BCUT2D eigenvalue weighted by atomic mass is 10.0. The number of fused-ring (bicyclic) bond motifs is 3. The summed E-state index contributed by atoms with van der Waals surface area (Å²) >= 11 is 0. The predicted molar refractivity (Wildman–Crippen MR) is 86.0 cm³/mol. The van der Waals surface area contributed by atoms with E-state index in [1.165, 1.54) is 16.7 Å². The van der Waals surface area contributed by atoms with E-state index in [0.29, 0.717) is 0 Å². The van der Waals surface area contributed by atoms with Crippen molar-refractivity contribution in [3.8, 4) is 11.1 Å². The molecule has 0 saturated heterocycles. The molecule has 0 bridgehead atoms. The quantitative estimate of drug-likeness (QED) is 0.756. The Morgan fingerprint density at radius 3 is 2.32 bits per heavy atom. The fourth-order valence-corrected chi connectivity index (χ4v) is 6.35. The molecular formula is C17H21NSi. The summed E-state index contributed by atoms with van der Waals surface area (Å²) in [6.07, 6.45) is 0. The summed E-state index contributed by atoms with van der Waals surface area (Å²) in [6, 6.07) is 16.0. The van der Waals surface area contributed by atoms with Gasteiger partial charge in [0.05, 0.1) is 0 Å². The lowest BCUT2D eigenvalue weighted by molar-refractivity contribution is 0.402. The molecule has 1 aliphatic rings. The van der Waals surface area contributed by atoms with Gasteiger partial charge in [-0.25, -0.2) is 0 Å². The molecule has 0 spiro atoms. The van der Waals surface area contributed by atoms with Crippen LogP contribution in [-0.2, 0) is 6.54 Å². The Hall–Kier alpha value is -1.38. The maximum Gasteiger partial charge on any atom is 0.113 e. The average molecular weight is 267 g/mol. The van der Waals surface area contributed by atoms with Crippen molar-refractivity contribution in [2.75, 3.05) is 14.1 Å². The largest absolute Gasteiger partial charge is 0.305 e. The van der Waals surface area contributed by atoms with Gasteiger partial charge in [-0.1, -0.05) is 55.6 Å². The van der Waals surface area contributed by atoms with Gasteiger partial charge in [0.25, 0.3) is 0 Å². The van der Waals surface area contributed by atoms with Crippen LogP contribution in [0.15, 0.2) is 42.5 Å². The zero-order valence-electron chi connectivity index (χ0n) is 12.2. The molecular weight excluding hydrogens is 246 g/mol. The Balaban J connectivity index is 2.16. The Morgan fingerprint density at radius 2 is 1.58 bits per heavy atom. The molecule has 98 valence electrons. The van der Waals surface area contributed by atoms with Gasteiger partial charge in [-0.3, -0.25) is 0 Å². The van der Waals surface area contributed by atoms with Crippen molar-refractivity contribution in [1.82, 2.24) is 4.90 Å². The molecule has 0 saturated carbocycles. The van der Waals surface area contributed by atoms with E-state index >= 15 is 0 Å². The second-order valence-electron chi connectivity index (χ2n) is 6.29. The van der Waals surface area contributed by atoms with Crippen LogP contribution in [0.1, 0.15) is 5.56 Å². The van der Waals surface area contributed by atoms with Crippen molar-refractivity contribution in [3.63, 3.8) is 0 Å². The first-order valence-electron chi connectivity index (χ1n) is 6.88. The number of benzene rings is 2. The minimum Gasteiger partial charge on any atom is -0.305 e. The summed E-state index contributed by atoms with van der Waals surface area (Å²) in [5.41, 5.74) is 4.36. The zero-order valence-corrected chi connectivity index (χ0v) is 13.2. The summed E-state index contributed by atoms with van der Waals surface area (Å²) in [4.78, 5) is 2.23. The summed E-state index contributed by atoms with van der Waals surface area (Å²) in [5.74, 6) is 0. The van der Waals surface area contributed by atoms with Crippen molar-refractivity contribution in [3.05, 3.63) is 48.0 Å². The van der Waals surface area contributed by atoms with Crippen molar-refractivity contribution in [2.45, 2.75) is 19.6 Å². The average Bonchev–Trinajstić information content (AvgIpc) is 2.59.